The number of anilines is 1. The van der Waals surface area contributed by atoms with Gasteiger partial charge in [-0.25, -0.2) is 0 Å². The molecule has 2 aliphatic rings. The minimum absolute atomic E-state index is 0.0412. The molecule has 5 nitrogen and oxygen atoms in total. The van der Waals surface area contributed by atoms with Crippen LogP contribution in [0.4, 0.5) is 5.69 Å². The van der Waals surface area contributed by atoms with Crippen molar-refractivity contribution in [2.45, 2.75) is 77.4 Å². The number of allylic oxidation sites excluding steroid dienone is 1. The van der Waals surface area contributed by atoms with Crippen molar-refractivity contribution in [3.05, 3.63) is 78.1 Å². The fourth-order valence-corrected chi connectivity index (χ4v) is 6.52. The van der Waals surface area contributed by atoms with Gasteiger partial charge in [-0.3, -0.25) is 4.79 Å². The summed E-state index contributed by atoms with van der Waals surface area (Å²) in [6.45, 7) is 3.33. The summed E-state index contributed by atoms with van der Waals surface area (Å²) in [4.78, 5) is 14.9. The van der Waals surface area contributed by atoms with Crippen LogP contribution in [-0.2, 0) is 16.1 Å². The Morgan fingerprint density at radius 3 is 2.47 bits per heavy atom. The Labute approximate surface area is 228 Å². The van der Waals surface area contributed by atoms with Crippen LogP contribution in [0, 0.1) is 23.7 Å². The quantitative estimate of drug-likeness (QED) is 0.207. The standard InChI is InChI=1S/C33H45NO4/c1-2-3-4-5-12-17-30(35)33-29-21-26(20-27(29)22-31(33)36)18-19-38-24-32(37)34(28-15-10-7-11-16-28)23-25-13-8-6-9-14-25/h6-11,13-17,26-27,29,31,33,35-36H,2-5,12,18-24H2,1H3/t26-,27-,29+,31+,33-/m0/s1. The summed E-state index contributed by atoms with van der Waals surface area (Å²) in [5, 5.41) is 21.4. The molecule has 0 unspecified atom stereocenters. The summed E-state index contributed by atoms with van der Waals surface area (Å²) in [6, 6.07) is 19.8. The van der Waals surface area contributed by atoms with E-state index in [1.807, 2.05) is 66.7 Å². The molecule has 0 aliphatic heterocycles. The number of ether oxygens (including phenoxy) is 1. The molecule has 2 aromatic rings. The van der Waals surface area contributed by atoms with Crippen molar-refractivity contribution in [1.29, 1.82) is 0 Å². The van der Waals surface area contributed by atoms with Gasteiger partial charge in [-0.15, -0.1) is 0 Å². The Balaban J connectivity index is 1.24. The van der Waals surface area contributed by atoms with Gasteiger partial charge in [-0.2, -0.15) is 0 Å². The monoisotopic (exact) mass is 519 g/mol. The van der Waals surface area contributed by atoms with Crippen LogP contribution in [-0.4, -0.2) is 35.4 Å². The van der Waals surface area contributed by atoms with Crippen molar-refractivity contribution in [2.75, 3.05) is 18.1 Å². The second kappa shape index (κ2) is 14.5. The molecule has 2 fully saturated rings. The van der Waals surface area contributed by atoms with Crippen LogP contribution in [0.1, 0.15) is 70.3 Å². The zero-order valence-electron chi connectivity index (χ0n) is 22.9. The van der Waals surface area contributed by atoms with Crippen molar-refractivity contribution in [3.8, 4) is 0 Å². The summed E-state index contributed by atoms with van der Waals surface area (Å²) in [5.41, 5.74) is 1.95. The molecule has 206 valence electrons. The Morgan fingerprint density at radius 1 is 1.00 bits per heavy atom. The van der Waals surface area contributed by atoms with Crippen LogP contribution >= 0.6 is 0 Å². The molecule has 0 aromatic heterocycles. The number of fused-ring (bicyclic) bond motifs is 1. The number of unbranched alkanes of at least 4 members (excludes halogenated alkanes) is 4. The molecular formula is C33H45NO4. The third kappa shape index (κ3) is 7.70. The maximum atomic E-state index is 13.1. The zero-order chi connectivity index (χ0) is 26.7. The number of amides is 1. The number of carbonyl (C=O) groups excluding carboxylic acids is 1. The minimum Gasteiger partial charge on any atom is -0.512 e. The van der Waals surface area contributed by atoms with Crippen molar-refractivity contribution in [3.63, 3.8) is 0 Å². The van der Waals surface area contributed by atoms with Crippen LogP contribution in [0.2, 0.25) is 0 Å². The number of nitrogens with zero attached hydrogens (tertiary/aromatic N) is 1. The van der Waals surface area contributed by atoms with Gasteiger partial charge in [0, 0.05) is 18.2 Å². The first-order valence-corrected chi connectivity index (χ1v) is 14.6. The lowest BCUT2D eigenvalue weighted by Crippen LogP contribution is -2.33. The maximum absolute atomic E-state index is 13.1. The molecule has 0 spiro atoms. The van der Waals surface area contributed by atoms with Gasteiger partial charge in [-0.1, -0.05) is 74.7 Å². The number of aliphatic hydroxyl groups excluding tert-OH is 2. The highest BCUT2D eigenvalue weighted by Crippen LogP contribution is 2.52. The molecule has 5 heteroatoms. The molecule has 2 saturated carbocycles. The third-order valence-corrected chi connectivity index (χ3v) is 8.47. The Hall–Kier alpha value is -2.63. The molecule has 2 N–H and O–H groups in total. The number of para-hydroxylation sites is 1. The van der Waals surface area contributed by atoms with Crippen molar-refractivity contribution in [1.82, 2.24) is 0 Å². The van der Waals surface area contributed by atoms with E-state index in [9.17, 15) is 15.0 Å². The summed E-state index contributed by atoms with van der Waals surface area (Å²) < 4.78 is 5.90. The van der Waals surface area contributed by atoms with Crippen LogP contribution in [0.25, 0.3) is 0 Å². The number of aliphatic hydroxyl groups is 2. The highest BCUT2D eigenvalue weighted by molar-refractivity contribution is 5.94. The van der Waals surface area contributed by atoms with Gasteiger partial charge >= 0.3 is 0 Å². The van der Waals surface area contributed by atoms with Gasteiger partial charge in [0.1, 0.15) is 6.61 Å². The number of benzene rings is 2. The summed E-state index contributed by atoms with van der Waals surface area (Å²) in [7, 11) is 0. The number of hydrogen-bond acceptors (Lipinski definition) is 4. The number of carbonyl (C=O) groups is 1. The van der Waals surface area contributed by atoms with Gasteiger partial charge in [0.05, 0.1) is 18.4 Å². The topological polar surface area (TPSA) is 70.0 Å². The van der Waals surface area contributed by atoms with E-state index in [2.05, 4.69) is 6.92 Å². The molecule has 2 aromatic carbocycles. The lowest BCUT2D eigenvalue weighted by molar-refractivity contribution is -0.123. The maximum Gasteiger partial charge on any atom is 0.253 e. The van der Waals surface area contributed by atoms with Gasteiger partial charge < -0.3 is 19.8 Å². The first-order chi connectivity index (χ1) is 18.6. The van der Waals surface area contributed by atoms with Crippen molar-refractivity contribution in [2.24, 2.45) is 23.7 Å². The number of hydrogen-bond donors (Lipinski definition) is 2. The zero-order valence-corrected chi connectivity index (χ0v) is 22.9. The summed E-state index contributed by atoms with van der Waals surface area (Å²) >= 11 is 0. The smallest absolute Gasteiger partial charge is 0.253 e. The molecule has 5 atom stereocenters. The fraction of sp³-hybridized carbons (Fsp3) is 0.545. The average Bonchev–Trinajstić information content (AvgIpc) is 3.46. The van der Waals surface area contributed by atoms with Gasteiger partial charge in [0.2, 0.25) is 0 Å². The van der Waals surface area contributed by atoms with Crippen LogP contribution in [0.15, 0.2) is 72.5 Å². The molecule has 0 radical (unpaired) electrons. The highest BCUT2D eigenvalue weighted by Gasteiger charge is 2.49. The van der Waals surface area contributed by atoms with E-state index in [0.717, 1.165) is 49.8 Å². The third-order valence-electron chi connectivity index (χ3n) is 8.47. The second-order valence-electron chi connectivity index (χ2n) is 11.2. The molecule has 0 saturated heterocycles. The summed E-state index contributed by atoms with van der Waals surface area (Å²) in [5.74, 6) is 1.58. The second-order valence-corrected chi connectivity index (χ2v) is 11.2. The van der Waals surface area contributed by atoms with E-state index < -0.39 is 6.10 Å². The molecule has 0 bridgehead atoms. The molecule has 1 amide bonds. The van der Waals surface area contributed by atoms with Crippen LogP contribution < -0.4 is 4.90 Å². The molecule has 0 heterocycles. The molecule has 4 rings (SSSR count). The predicted molar refractivity (Wildman–Crippen MR) is 153 cm³/mol. The van der Waals surface area contributed by atoms with E-state index in [-0.39, 0.29) is 18.4 Å². The normalized spacial score (nSPS) is 24.9. The minimum atomic E-state index is -0.430. The van der Waals surface area contributed by atoms with Gasteiger partial charge in [0.25, 0.3) is 5.91 Å². The number of rotatable bonds is 14. The fourth-order valence-electron chi connectivity index (χ4n) is 6.52. The Bertz CT molecular complexity index is 1010. The van der Waals surface area contributed by atoms with E-state index >= 15 is 0 Å². The highest BCUT2D eigenvalue weighted by atomic mass is 16.5. The first kappa shape index (κ1) is 28.4. The largest absolute Gasteiger partial charge is 0.512 e. The van der Waals surface area contributed by atoms with Crippen LogP contribution in [0.3, 0.4) is 0 Å². The average molecular weight is 520 g/mol. The van der Waals surface area contributed by atoms with E-state index in [1.54, 1.807) is 4.90 Å². The van der Waals surface area contributed by atoms with E-state index in [1.165, 1.54) is 19.3 Å². The molecule has 2 aliphatic carbocycles. The van der Waals surface area contributed by atoms with Crippen molar-refractivity contribution >= 4 is 11.6 Å². The van der Waals surface area contributed by atoms with Gasteiger partial charge in [-0.05, 0) is 80.1 Å². The predicted octanol–water partition coefficient (Wildman–Crippen LogP) is 7.06. The van der Waals surface area contributed by atoms with E-state index in [4.69, 9.17) is 4.74 Å². The molecular weight excluding hydrogens is 474 g/mol. The van der Waals surface area contributed by atoms with Crippen LogP contribution in [0.5, 0.6) is 0 Å². The SMILES string of the molecule is CCCCCCC=C(O)[C@@H]1[C@@H]2C[C@@H](CCOCC(=O)N(Cc3ccccc3)c3ccccc3)C[C@H]2C[C@H]1O. The lowest BCUT2D eigenvalue weighted by atomic mass is 9.88. The molecule has 38 heavy (non-hydrogen) atoms. The van der Waals surface area contributed by atoms with E-state index in [0.29, 0.717) is 36.7 Å². The summed E-state index contributed by atoms with van der Waals surface area (Å²) in [6.07, 6.45) is 10.9. The van der Waals surface area contributed by atoms with Crippen molar-refractivity contribution < 1.29 is 19.7 Å². The lowest BCUT2D eigenvalue weighted by Gasteiger charge is -2.23. The van der Waals surface area contributed by atoms with Gasteiger partial charge in [0.15, 0.2) is 0 Å². The Kier molecular flexibility index (Phi) is 10.8. The first-order valence-electron chi connectivity index (χ1n) is 14.6. The Morgan fingerprint density at radius 2 is 1.74 bits per heavy atom.